The van der Waals surface area contributed by atoms with Gasteiger partial charge in [-0.3, -0.25) is 0 Å². The van der Waals surface area contributed by atoms with Crippen molar-refractivity contribution in [2.45, 2.75) is 18.3 Å². The van der Waals surface area contributed by atoms with Gasteiger partial charge in [0.1, 0.15) is 11.4 Å². The van der Waals surface area contributed by atoms with Crippen LogP contribution in [-0.4, -0.2) is 30.2 Å². The Morgan fingerprint density at radius 2 is 2.11 bits per heavy atom. The molecule has 0 aliphatic rings. The van der Waals surface area contributed by atoms with Crippen LogP contribution in [0, 0.1) is 5.82 Å². The molecule has 0 amide bonds. The quantitative estimate of drug-likeness (QED) is 0.764. The molecule has 1 aromatic rings. The van der Waals surface area contributed by atoms with E-state index < -0.39 is 27.2 Å². The molecule has 1 rings (SSSR count). The van der Waals surface area contributed by atoms with Crippen LogP contribution in [0.3, 0.4) is 0 Å². The van der Waals surface area contributed by atoms with Gasteiger partial charge in [0.05, 0.1) is 19.0 Å². The maximum atomic E-state index is 12.7. The molecule has 8 heteroatoms. The number of primary sulfonamides is 1. The first-order valence-corrected chi connectivity index (χ1v) is 6.68. The molecule has 100 valence electrons. The summed E-state index contributed by atoms with van der Waals surface area (Å²) in [6.45, 7) is 4.93. The highest BCUT2D eigenvalue weighted by Gasteiger charge is 2.30. The molecule has 0 radical (unpaired) electrons. The van der Waals surface area contributed by atoms with Crippen LogP contribution in [-0.2, 0) is 14.8 Å². The Morgan fingerprint density at radius 3 is 2.56 bits per heavy atom. The normalized spacial score (nSPS) is 15.1. The number of halogens is 1. The summed E-state index contributed by atoms with van der Waals surface area (Å²) in [7, 11) is -3.82. The minimum absolute atomic E-state index is 0.0553. The highest BCUT2D eigenvalue weighted by molar-refractivity contribution is 7.89. The number of hydrogen-bond acceptors (Lipinski definition) is 5. The summed E-state index contributed by atoms with van der Waals surface area (Å²) >= 11 is 0. The van der Waals surface area contributed by atoms with Gasteiger partial charge in [0, 0.05) is 0 Å². The summed E-state index contributed by atoms with van der Waals surface area (Å²) in [5, 5.41) is 4.00. The van der Waals surface area contributed by atoms with Gasteiger partial charge in [-0.05, 0) is 6.92 Å². The molecular weight excluding hydrogens is 261 g/mol. The molecule has 0 aromatic carbocycles. The second-order valence-corrected chi connectivity index (χ2v) is 5.52. The van der Waals surface area contributed by atoms with Crippen LogP contribution in [0.15, 0.2) is 25.0 Å². The second-order valence-electron chi connectivity index (χ2n) is 3.60. The van der Waals surface area contributed by atoms with E-state index in [0.717, 1.165) is 12.4 Å². The van der Waals surface area contributed by atoms with Gasteiger partial charge in [0.2, 0.25) is 10.0 Å². The predicted molar refractivity (Wildman–Crippen MR) is 63.4 cm³/mol. The van der Waals surface area contributed by atoms with E-state index in [0.29, 0.717) is 0 Å². The summed E-state index contributed by atoms with van der Waals surface area (Å²) in [4.78, 5) is 7.40. The Morgan fingerprint density at radius 1 is 1.56 bits per heavy atom. The summed E-state index contributed by atoms with van der Waals surface area (Å²) in [5.74, 6) is -0.566. The lowest BCUT2D eigenvalue weighted by Gasteiger charge is -2.20. The first-order chi connectivity index (χ1) is 8.36. The van der Waals surface area contributed by atoms with Crippen LogP contribution in [0.25, 0.3) is 0 Å². The predicted octanol–water partition coefficient (Wildman–Crippen LogP) is 0.536. The average Bonchev–Trinajstić information content (AvgIpc) is 2.30. The number of sulfonamides is 1. The molecule has 1 heterocycles. The third-order valence-corrected chi connectivity index (χ3v) is 3.52. The lowest BCUT2D eigenvalue weighted by molar-refractivity contribution is 0.0668. The summed E-state index contributed by atoms with van der Waals surface area (Å²) < 4.78 is 40.6. The van der Waals surface area contributed by atoms with Gasteiger partial charge in [-0.25, -0.2) is 27.9 Å². The number of nitrogens with zero attached hydrogens (tertiary/aromatic N) is 2. The van der Waals surface area contributed by atoms with Gasteiger partial charge in [-0.15, -0.1) is 6.58 Å². The number of ether oxygens (including phenoxy) is 1. The number of hydrogen-bond donors (Lipinski definition) is 1. The van der Waals surface area contributed by atoms with Gasteiger partial charge in [0.25, 0.3) is 0 Å². The van der Waals surface area contributed by atoms with Crippen molar-refractivity contribution >= 4 is 10.0 Å². The summed E-state index contributed by atoms with van der Waals surface area (Å²) in [6.07, 6.45) is 2.34. The van der Waals surface area contributed by atoms with Crippen LogP contribution in [0.1, 0.15) is 18.9 Å². The molecule has 0 fully saturated rings. The topological polar surface area (TPSA) is 95.2 Å². The van der Waals surface area contributed by atoms with E-state index in [2.05, 4.69) is 16.5 Å². The highest BCUT2D eigenvalue weighted by atomic mass is 32.2. The molecule has 1 aromatic heterocycles. The monoisotopic (exact) mass is 275 g/mol. The Kier molecular flexibility index (Phi) is 4.88. The van der Waals surface area contributed by atoms with E-state index in [9.17, 15) is 12.8 Å². The third kappa shape index (κ3) is 3.83. The lowest BCUT2D eigenvalue weighted by atomic mass is 10.2. The first kappa shape index (κ1) is 14.7. The van der Waals surface area contributed by atoms with Crippen molar-refractivity contribution in [3.05, 3.63) is 36.7 Å². The molecule has 0 spiro atoms. The van der Waals surface area contributed by atoms with E-state index in [4.69, 9.17) is 9.88 Å². The molecule has 18 heavy (non-hydrogen) atoms. The molecule has 0 bridgehead atoms. The number of nitrogens with two attached hydrogens (primary N) is 1. The Bertz CT molecular complexity index is 504. The van der Waals surface area contributed by atoms with Gasteiger partial charge in [-0.1, -0.05) is 6.08 Å². The van der Waals surface area contributed by atoms with E-state index in [-0.39, 0.29) is 12.4 Å². The van der Waals surface area contributed by atoms with Gasteiger partial charge < -0.3 is 4.74 Å². The smallest absolute Gasteiger partial charge is 0.214 e. The van der Waals surface area contributed by atoms with Crippen molar-refractivity contribution in [3.63, 3.8) is 0 Å². The summed E-state index contributed by atoms with van der Waals surface area (Å²) in [5.41, 5.74) is 0. The fraction of sp³-hybridized carbons (Fsp3) is 0.400. The summed E-state index contributed by atoms with van der Waals surface area (Å²) in [6, 6.07) is 0. The van der Waals surface area contributed by atoms with E-state index in [1.54, 1.807) is 0 Å². The molecule has 0 saturated heterocycles. The van der Waals surface area contributed by atoms with E-state index >= 15 is 0 Å². The fourth-order valence-electron chi connectivity index (χ4n) is 1.23. The van der Waals surface area contributed by atoms with Crippen molar-refractivity contribution in [3.8, 4) is 0 Å². The molecule has 2 N–H and O–H groups in total. The zero-order valence-electron chi connectivity index (χ0n) is 9.78. The van der Waals surface area contributed by atoms with E-state index in [1.807, 2.05) is 0 Å². The van der Waals surface area contributed by atoms with Crippen LogP contribution >= 0.6 is 0 Å². The zero-order chi connectivity index (χ0) is 13.8. The average molecular weight is 275 g/mol. The number of aromatic nitrogens is 2. The van der Waals surface area contributed by atoms with E-state index in [1.165, 1.54) is 13.0 Å². The Labute approximate surface area is 105 Å². The highest BCUT2D eigenvalue weighted by Crippen LogP contribution is 2.21. The minimum atomic E-state index is -3.82. The largest absolute Gasteiger partial charge is 0.365 e. The van der Waals surface area contributed by atoms with Crippen LogP contribution in [0.5, 0.6) is 0 Å². The van der Waals surface area contributed by atoms with Gasteiger partial charge in [0.15, 0.2) is 11.6 Å². The molecule has 0 unspecified atom stereocenters. The van der Waals surface area contributed by atoms with Gasteiger partial charge >= 0.3 is 0 Å². The maximum Gasteiger partial charge on any atom is 0.214 e. The molecule has 0 aliphatic heterocycles. The third-order valence-electron chi connectivity index (χ3n) is 2.23. The molecule has 2 atom stereocenters. The minimum Gasteiger partial charge on any atom is -0.365 e. The van der Waals surface area contributed by atoms with Crippen LogP contribution in [0.4, 0.5) is 4.39 Å². The Hall–Kier alpha value is -1.38. The fourth-order valence-corrected chi connectivity index (χ4v) is 1.78. The standard InChI is InChI=1S/C10H14FN3O3S/c1-3-4-17-9(7(2)18(12,15)16)10-13-5-8(11)6-14-10/h3,5-7,9H,1,4H2,2H3,(H2,12,15,16)/t7-,9+/m1/s1. The molecule has 0 saturated carbocycles. The Balaban J connectivity index is 3.04. The lowest BCUT2D eigenvalue weighted by Crippen LogP contribution is -2.33. The number of rotatable bonds is 6. The first-order valence-electron chi connectivity index (χ1n) is 5.07. The second kappa shape index (κ2) is 5.98. The molecular formula is C10H14FN3O3S. The molecule has 0 aliphatic carbocycles. The van der Waals surface area contributed by atoms with Crippen LogP contribution < -0.4 is 5.14 Å². The van der Waals surface area contributed by atoms with Crippen molar-refractivity contribution in [2.24, 2.45) is 5.14 Å². The van der Waals surface area contributed by atoms with Crippen molar-refractivity contribution in [1.82, 2.24) is 9.97 Å². The maximum absolute atomic E-state index is 12.7. The van der Waals surface area contributed by atoms with Crippen LogP contribution in [0.2, 0.25) is 0 Å². The van der Waals surface area contributed by atoms with Crippen molar-refractivity contribution < 1.29 is 17.5 Å². The SMILES string of the molecule is C=CCO[C@H](c1ncc(F)cn1)[C@@H](C)S(N)(=O)=O. The van der Waals surface area contributed by atoms with Crippen molar-refractivity contribution in [2.75, 3.05) is 6.61 Å². The molecule has 6 nitrogen and oxygen atoms in total. The van der Waals surface area contributed by atoms with Crippen molar-refractivity contribution in [1.29, 1.82) is 0 Å². The zero-order valence-corrected chi connectivity index (χ0v) is 10.6. The van der Waals surface area contributed by atoms with Gasteiger partial charge in [-0.2, -0.15) is 0 Å².